The molecule has 2 N–H and O–H groups in total. The summed E-state index contributed by atoms with van der Waals surface area (Å²) in [6.45, 7) is 4.35. The maximum atomic E-state index is 5.92. The summed E-state index contributed by atoms with van der Waals surface area (Å²) >= 11 is 0. The topological polar surface area (TPSA) is 48.8 Å². The first-order valence-electron chi connectivity index (χ1n) is 6.46. The van der Waals surface area contributed by atoms with Crippen LogP contribution in [0.4, 0.5) is 5.69 Å². The van der Waals surface area contributed by atoms with Crippen LogP contribution in [0.5, 0.6) is 0 Å². The first-order chi connectivity index (χ1) is 9.08. The van der Waals surface area contributed by atoms with Crippen LogP contribution in [0, 0.1) is 0 Å². The largest absolute Gasteiger partial charge is 0.399 e. The Labute approximate surface area is 112 Å². The van der Waals surface area contributed by atoms with Crippen LogP contribution in [0.25, 0.3) is 22.2 Å². The van der Waals surface area contributed by atoms with Gasteiger partial charge in [-0.05, 0) is 32.0 Å². The number of nitrogens with two attached hydrogens (primary N) is 1. The van der Waals surface area contributed by atoms with Gasteiger partial charge in [-0.25, -0.2) is 0 Å². The maximum absolute atomic E-state index is 5.92. The number of hydrogen-bond acceptors (Lipinski definition) is 2. The Morgan fingerprint density at radius 2 is 2.00 bits per heavy atom. The molecule has 0 saturated carbocycles. The van der Waals surface area contributed by atoms with Crippen molar-refractivity contribution in [2.75, 3.05) is 5.73 Å². The summed E-state index contributed by atoms with van der Waals surface area (Å²) in [5.41, 5.74) is 10.2. The minimum atomic E-state index is 0.395. The molecule has 19 heavy (non-hydrogen) atoms. The third-order valence-electron chi connectivity index (χ3n) is 3.51. The molecule has 0 aliphatic rings. The number of hydrogen-bond donors (Lipinski definition) is 1. The van der Waals surface area contributed by atoms with E-state index >= 15 is 0 Å². The Morgan fingerprint density at radius 1 is 1.21 bits per heavy atom. The van der Waals surface area contributed by atoms with E-state index in [4.69, 9.17) is 5.73 Å². The molecular weight excluding hydrogens is 236 g/mol. The maximum Gasteiger partial charge on any atom is 0.0700 e. The molecule has 0 aliphatic heterocycles. The van der Waals surface area contributed by atoms with Crippen LogP contribution in [-0.4, -0.2) is 14.3 Å². The van der Waals surface area contributed by atoms with Gasteiger partial charge in [0, 0.05) is 42.1 Å². The normalized spacial score (nSPS) is 11.6. The summed E-state index contributed by atoms with van der Waals surface area (Å²) in [4.78, 5) is 0. The van der Waals surface area contributed by atoms with Crippen LogP contribution in [0.2, 0.25) is 0 Å². The van der Waals surface area contributed by atoms with Crippen molar-refractivity contribution in [3.05, 3.63) is 36.7 Å². The lowest BCUT2D eigenvalue weighted by atomic mass is 10.1. The lowest BCUT2D eigenvalue weighted by Crippen LogP contribution is -1.98. The third kappa shape index (κ3) is 1.80. The SMILES string of the molecule is CC(C)n1cc(-c2ccnn2C)c2ccc(N)cc21. The minimum Gasteiger partial charge on any atom is -0.399 e. The molecule has 0 aliphatic carbocycles. The number of fused-ring (bicyclic) bond motifs is 1. The summed E-state index contributed by atoms with van der Waals surface area (Å²) in [6.07, 6.45) is 4.01. The fourth-order valence-electron chi connectivity index (χ4n) is 2.54. The second-order valence-electron chi connectivity index (χ2n) is 5.16. The molecule has 4 heteroatoms. The van der Waals surface area contributed by atoms with Gasteiger partial charge in [-0.15, -0.1) is 0 Å². The van der Waals surface area contributed by atoms with E-state index in [1.165, 1.54) is 16.5 Å². The monoisotopic (exact) mass is 254 g/mol. The lowest BCUT2D eigenvalue weighted by molar-refractivity contribution is 0.623. The van der Waals surface area contributed by atoms with Crippen molar-refractivity contribution in [1.29, 1.82) is 0 Å². The highest BCUT2D eigenvalue weighted by Crippen LogP contribution is 2.33. The predicted octanol–water partition coefficient (Wildman–Crippen LogP) is 3.20. The van der Waals surface area contributed by atoms with E-state index in [1.54, 1.807) is 0 Å². The van der Waals surface area contributed by atoms with Crippen LogP contribution in [0.15, 0.2) is 36.7 Å². The van der Waals surface area contributed by atoms with E-state index in [0.29, 0.717) is 6.04 Å². The van der Waals surface area contributed by atoms with E-state index < -0.39 is 0 Å². The molecule has 0 spiro atoms. The molecule has 1 aromatic carbocycles. The summed E-state index contributed by atoms with van der Waals surface area (Å²) in [5.74, 6) is 0. The number of rotatable bonds is 2. The van der Waals surface area contributed by atoms with Gasteiger partial charge in [0.2, 0.25) is 0 Å². The first kappa shape index (κ1) is 11.8. The highest BCUT2D eigenvalue weighted by atomic mass is 15.3. The van der Waals surface area contributed by atoms with Crippen molar-refractivity contribution in [1.82, 2.24) is 14.3 Å². The van der Waals surface area contributed by atoms with Crippen molar-refractivity contribution >= 4 is 16.6 Å². The highest BCUT2D eigenvalue weighted by molar-refractivity contribution is 5.96. The van der Waals surface area contributed by atoms with Gasteiger partial charge in [-0.3, -0.25) is 4.68 Å². The molecule has 0 saturated heterocycles. The summed E-state index contributed by atoms with van der Waals surface area (Å²) in [5, 5.41) is 5.47. The lowest BCUT2D eigenvalue weighted by Gasteiger charge is -2.09. The number of aryl methyl sites for hydroxylation is 1. The second-order valence-corrected chi connectivity index (χ2v) is 5.16. The summed E-state index contributed by atoms with van der Waals surface area (Å²) < 4.78 is 4.16. The molecule has 0 bridgehead atoms. The molecule has 2 aromatic heterocycles. The Kier molecular flexibility index (Phi) is 2.59. The second kappa shape index (κ2) is 4.16. The molecule has 0 unspecified atom stereocenters. The van der Waals surface area contributed by atoms with Crippen molar-refractivity contribution in [3.63, 3.8) is 0 Å². The average Bonchev–Trinajstić information content (AvgIpc) is 2.92. The van der Waals surface area contributed by atoms with Gasteiger partial charge in [0.1, 0.15) is 0 Å². The van der Waals surface area contributed by atoms with Crippen LogP contribution in [0.1, 0.15) is 19.9 Å². The Bertz CT molecular complexity index is 734. The number of anilines is 1. The van der Waals surface area contributed by atoms with Crippen molar-refractivity contribution < 1.29 is 0 Å². The molecule has 0 atom stereocenters. The number of aromatic nitrogens is 3. The number of benzene rings is 1. The van der Waals surface area contributed by atoms with E-state index in [0.717, 1.165) is 11.4 Å². The fraction of sp³-hybridized carbons (Fsp3) is 0.267. The Morgan fingerprint density at radius 3 is 2.63 bits per heavy atom. The van der Waals surface area contributed by atoms with Crippen LogP contribution >= 0.6 is 0 Å². The van der Waals surface area contributed by atoms with E-state index in [9.17, 15) is 0 Å². The summed E-state index contributed by atoms with van der Waals surface area (Å²) in [6, 6.07) is 8.51. The van der Waals surface area contributed by atoms with E-state index in [1.807, 2.05) is 36.1 Å². The van der Waals surface area contributed by atoms with Crippen molar-refractivity contribution in [2.45, 2.75) is 19.9 Å². The molecule has 98 valence electrons. The van der Waals surface area contributed by atoms with Gasteiger partial charge in [-0.1, -0.05) is 6.07 Å². The van der Waals surface area contributed by atoms with Crippen LogP contribution in [-0.2, 0) is 7.05 Å². The van der Waals surface area contributed by atoms with Crippen molar-refractivity contribution in [2.24, 2.45) is 7.05 Å². The molecule has 0 radical (unpaired) electrons. The summed E-state index contributed by atoms with van der Waals surface area (Å²) in [7, 11) is 1.96. The molecule has 3 rings (SSSR count). The number of nitrogens with zero attached hydrogens (tertiary/aromatic N) is 3. The zero-order valence-corrected chi connectivity index (χ0v) is 11.5. The van der Waals surface area contributed by atoms with E-state index in [-0.39, 0.29) is 0 Å². The van der Waals surface area contributed by atoms with Gasteiger partial charge >= 0.3 is 0 Å². The minimum absolute atomic E-state index is 0.395. The first-order valence-corrected chi connectivity index (χ1v) is 6.46. The van der Waals surface area contributed by atoms with Gasteiger partial charge < -0.3 is 10.3 Å². The van der Waals surface area contributed by atoms with Crippen LogP contribution < -0.4 is 5.73 Å². The third-order valence-corrected chi connectivity index (χ3v) is 3.51. The number of nitrogen functional groups attached to an aromatic ring is 1. The quantitative estimate of drug-likeness (QED) is 0.714. The smallest absolute Gasteiger partial charge is 0.0700 e. The molecular formula is C15H18N4. The van der Waals surface area contributed by atoms with Gasteiger partial charge in [-0.2, -0.15) is 5.10 Å². The molecule has 0 amide bonds. The van der Waals surface area contributed by atoms with E-state index in [2.05, 4.69) is 35.8 Å². The van der Waals surface area contributed by atoms with Crippen molar-refractivity contribution in [3.8, 4) is 11.3 Å². The highest BCUT2D eigenvalue weighted by Gasteiger charge is 2.14. The fourth-order valence-corrected chi connectivity index (χ4v) is 2.54. The predicted molar refractivity (Wildman–Crippen MR) is 78.9 cm³/mol. The average molecular weight is 254 g/mol. The van der Waals surface area contributed by atoms with Gasteiger partial charge in [0.05, 0.1) is 11.2 Å². The Balaban J connectivity index is 2.35. The standard InChI is InChI=1S/C15H18N4/c1-10(2)19-9-13(14-6-7-17-18(14)3)12-5-4-11(16)8-15(12)19/h4-10H,16H2,1-3H3. The van der Waals surface area contributed by atoms with Gasteiger partial charge in [0.15, 0.2) is 0 Å². The zero-order valence-electron chi connectivity index (χ0n) is 11.5. The van der Waals surface area contributed by atoms with Gasteiger partial charge in [0.25, 0.3) is 0 Å². The Hall–Kier alpha value is -2.23. The zero-order chi connectivity index (χ0) is 13.6. The molecule has 4 nitrogen and oxygen atoms in total. The molecule has 2 heterocycles. The van der Waals surface area contributed by atoms with Crippen LogP contribution in [0.3, 0.4) is 0 Å². The molecule has 0 fully saturated rings. The molecule has 3 aromatic rings.